The van der Waals surface area contributed by atoms with Gasteiger partial charge in [-0.15, -0.1) is 0 Å². The van der Waals surface area contributed by atoms with Crippen molar-refractivity contribution in [3.63, 3.8) is 0 Å². The third-order valence-electron chi connectivity index (χ3n) is 5.52. The molecule has 1 saturated heterocycles. The lowest BCUT2D eigenvalue weighted by Gasteiger charge is -2.37. The molecular weight excluding hydrogens is 408 g/mol. The van der Waals surface area contributed by atoms with Crippen LogP contribution in [0.3, 0.4) is 0 Å². The number of nitrogens with one attached hydrogen (secondary N) is 1. The Balaban J connectivity index is 1.63. The molecular formula is C24H34N4O4. The number of piperazine rings is 1. The number of rotatable bonds is 8. The first-order chi connectivity index (χ1) is 15.6. The van der Waals surface area contributed by atoms with Gasteiger partial charge < -0.3 is 34.4 Å². The molecule has 1 atom stereocenters. The van der Waals surface area contributed by atoms with Crippen LogP contribution in [0.15, 0.2) is 47.5 Å². The van der Waals surface area contributed by atoms with E-state index in [1.165, 1.54) is 5.69 Å². The van der Waals surface area contributed by atoms with Crippen LogP contribution < -0.4 is 24.4 Å². The third kappa shape index (κ3) is 5.97. The number of hydrogen-bond acceptors (Lipinski definition) is 6. The number of aliphatic hydroxyl groups is 1. The Morgan fingerprint density at radius 3 is 2.06 bits per heavy atom. The second kappa shape index (κ2) is 11.5. The van der Waals surface area contributed by atoms with Crippen molar-refractivity contribution in [2.45, 2.75) is 13.0 Å². The van der Waals surface area contributed by atoms with E-state index in [2.05, 4.69) is 27.2 Å². The fourth-order valence-electron chi connectivity index (χ4n) is 3.70. The molecule has 0 radical (unpaired) electrons. The molecule has 1 fully saturated rings. The van der Waals surface area contributed by atoms with E-state index >= 15 is 0 Å². The third-order valence-corrected chi connectivity index (χ3v) is 5.52. The first kappa shape index (κ1) is 23.5. The van der Waals surface area contributed by atoms with Gasteiger partial charge in [0.1, 0.15) is 17.2 Å². The van der Waals surface area contributed by atoms with E-state index in [1.54, 1.807) is 27.4 Å². The summed E-state index contributed by atoms with van der Waals surface area (Å²) in [6.45, 7) is 6.55. The number of methoxy groups -OCH3 is 3. The van der Waals surface area contributed by atoms with Gasteiger partial charge in [0.05, 0.1) is 34.0 Å². The van der Waals surface area contributed by atoms with E-state index in [0.717, 1.165) is 44.4 Å². The Labute approximate surface area is 190 Å². The lowest BCUT2D eigenvalue weighted by Crippen LogP contribution is -2.52. The molecule has 3 rings (SSSR count). The van der Waals surface area contributed by atoms with E-state index in [4.69, 9.17) is 19.2 Å². The fourth-order valence-corrected chi connectivity index (χ4v) is 3.70. The Bertz CT molecular complexity index is 858. The molecule has 8 heteroatoms. The van der Waals surface area contributed by atoms with Gasteiger partial charge in [-0.05, 0) is 48.9 Å². The van der Waals surface area contributed by atoms with Crippen LogP contribution in [-0.2, 0) is 0 Å². The molecule has 174 valence electrons. The van der Waals surface area contributed by atoms with Gasteiger partial charge in [0, 0.05) is 44.5 Å². The molecule has 0 bridgehead atoms. The lowest BCUT2D eigenvalue weighted by molar-refractivity contribution is 0.185. The SMILES string of the molecule is CCNC(=NCC(O)c1cc(OC)cc(OC)c1)N1CCN(c2ccc(OC)cc2)CC1. The summed E-state index contributed by atoms with van der Waals surface area (Å²) < 4.78 is 15.9. The molecule has 1 heterocycles. The van der Waals surface area contributed by atoms with Crippen LogP contribution in [0.1, 0.15) is 18.6 Å². The number of aliphatic imine (C=N–C) groups is 1. The number of anilines is 1. The minimum atomic E-state index is -0.756. The highest BCUT2D eigenvalue weighted by Gasteiger charge is 2.20. The summed E-state index contributed by atoms with van der Waals surface area (Å²) in [6, 6.07) is 13.6. The molecule has 1 aliphatic heterocycles. The second-order valence-corrected chi connectivity index (χ2v) is 7.53. The van der Waals surface area contributed by atoms with Crippen molar-refractivity contribution < 1.29 is 19.3 Å². The summed E-state index contributed by atoms with van der Waals surface area (Å²) in [6.07, 6.45) is -0.756. The maximum absolute atomic E-state index is 10.7. The predicted octanol–water partition coefficient (Wildman–Crippen LogP) is 2.53. The summed E-state index contributed by atoms with van der Waals surface area (Å²) in [5.74, 6) is 2.96. The van der Waals surface area contributed by atoms with Gasteiger partial charge in [0.25, 0.3) is 0 Å². The molecule has 2 aromatic carbocycles. The highest BCUT2D eigenvalue weighted by molar-refractivity contribution is 5.80. The normalized spacial score (nSPS) is 15.3. The summed E-state index contributed by atoms with van der Waals surface area (Å²) >= 11 is 0. The van der Waals surface area contributed by atoms with Gasteiger partial charge >= 0.3 is 0 Å². The lowest BCUT2D eigenvalue weighted by atomic mass is 10.1. The Hall–Kier alpha value is -3.13. The summed E-state index contributed by atoms with van der Waals surface area (Å²) in [4.78, 5) is 9.31. The molecule has 0 spiro atoms. The van der Waals surface area contributed by atoms with Crippen molar-refractivity contribution in [1.82, 2.24) is 10.2 Å². The summed E-state index contributed by atoms with van der Waals surface area (Å²) in [5.41, 5.74) is 1.90. The monoisotopic (exact) mass is 442 g/mol. The van der Waals surface area contributed by atoms with Crippen molar-refractivity contribution in [2.24, 2.45) is 4.99 Å². The number of aliphatic hydroxyl groups excluding tert-OH is 1. The standard InChI is InChI=1S/C24H34N4O4/c1-5-25-24(26-17-23(29)18-14-21(31-3)16-22(15-18)32-4)28-12-10-27(11-13-28)19-6-8-20(30-2)9-7-19/h6-9,14-16,23,29H,5,10-13,17H2,1-4H3,(H,25,26). The van der Waals surface area contributed by atoms with Gasteiger partial charge in [-0.1, -0.05) is 0 Å². The minimum Gasteiger partial charge on any atom is -0.497 e. The summed E-state index contributed by atoms with van der Waals surface area (Å²) in [5, 5.41) is 14.1. The molecule has 8 nitrogen and oxygen atoms in total. The van der Waals surface area contributed by atoms with E-state index in [0.29, 0.717) is 17.1 Å². The maximum Gasteiger partial charge on any atom is 0.194 e. The molecule has 0 saturated carbocycles. The molecule has 1 unspecified atom stereocenters. The highest BCUT2D eigenvalue weighted by Crippen LogP contribution is 2.27. The number of ether oxygens (including phenoxy) is 3. The Morgan fingerprint density at radius 1 is 0.938 bits per heavy atom. The van der Waals surface area contributed by atoms with Crippen LogP contribution in [0.2, 0.25) is 0 Å². The summed E-state index contributed by atoms with van der Waals surface area (Å²) in [7, 11) is 4.87. The average molecular weight is 443 g/mol. The van der Waals surface area contributed by atoms with Gasteiger partial charge in [0.2, 0.25) is 0 Å². The van der Waals surface area contributed by atoms with Crippen molar-refractivity contribution >= 4 is 11.6 Å². The predicted molar refractivity (Wildman–Crippen MR) is 127 cm³/mol. The molecule has 0 amide bonds. The largest absolute Gasteiger partial charge is 0.497 e. The zero-order valence-electron chi connectivity index (χ0n) is 19.4. The van der Waals surface area contributed by atoms with E-state index < -0.39 is 6.10 Å². The van der Waals surface area contributed by atoms with Gasteiger partial charge in [0.15, 0.2) is 5.96 Å². The van der Waals surface area contributed by atoms with Crippen LogP contribution in [0, 0.1) is 0 Å². The zero-order chi connectivity index (χ0) is 22.9. The molecule has 2 N–H and O–H groups in total. The molecule has 1 aliphatic rings. The molecule has 0 aromatic heterocycles. The van der Waals surface area contributed by atoms with E-state index in [9.17, 15) is 5.11 Å². The quantitative estimate of drug-likeness (QED) is 0.480. The average Bonchev–Trinajstić information content (AvgIpc) is 2.86. The van der Waals surface area contributed by atoms with E-state index in [1.807, 2.05) is 31.2 Å². The highest BCUT2D eigenvalue weighted by atomic mass is 16.5. The van der Waals surface area contributed by atoms with Crippen molar-refractivity contribution in [1.29, 1.82) is 0 Å². The van der Waals surface area contributed by atoms with Crippen LogP contribution in [0.4, 0.5) is 5.69 Å². The molecule has 32 heavy (non-hydrogen) atoms. The van der Waals surface area contributed by atoms with Crippen LogP contribution >= 0.6 is 0 Å². The smallest absolute Gasteiger partial charge is 0.194 e. The van der Waals surface area contributed by atoms with Crippen molar-refractivity contribution in [3.05, 3.63) is 48.0 Å². The van der Waals surface area contributed by atoms with Gasteiger partial charge in [-0.2, -0.15) is 0 Å². The van der Waals surface area contributed by atoms with Crippen molar-refractivity contribution in [3.8, 4) is 17.2 Å². The second-order valence-electron chi connectivity index (χ2n) is 7.53. The fraction of sp³-hybridized carbons (Fsp3) is 0.458. The van der Waals surface area contributed by atoms with Crippen molar-refractivity contribution in [2.75, 3.05) is 65.5 Å². The van der Waals surface area contributed by atoms with Crippen LogP contribution in [0.25, 0.3) is 0 Å². The first-order valence-electron chi connectivity index (χ1n) is 10.9. The number of nitrogens with zero attached hydrogens (tertiary/aromatic N) is 3. The van der Waals surface area contributed by atoms with Gasteiger partial charge in [-0.25, -0.2) is 0 Å². The van der Waals surface area contributed by atoms with Gasteiger partial charge in [-0.3, -0.25) is 4.99 Å². The van der Waals surface area contributed by atoms with Crippen LogP contribution in [-0.4, -0.2) is 76.6 Å². The first-order valence-corrected chi connectivity index (χ1v) is 10.9. The maximum atomic E-state index is 10.7. The molecule has 2 aromatic rings. The number of guanidine groups is 1. The minimum absolute atomic E-state index is 0.247. The van der Waals surface area contributed by atoms with E-state index in [-0.39, 0.29) is 6.54 Å². The van der Waals surface area contributed by atoms with Crippen LogP contribution in [0.5, 0.6) is 17.2 Å². The number of benzene rings is 2. The number of hydrogen-bond donors (Lipinski definition) is 2. The Morgan fingerprint density at radius 2 is 1.53 bits per heavy atom. The molecule has 0 aliphatic carbocycles. The topological polar surface area (TPSA) is 78.8 Å². The Kier molecular flexibility index (Phi) is 8.44. The zero-order valence-corrected chi connectivity index (χ0v) is 19.4.